The number of rotatable bonds is 2. The molecule has 0 saturated carbocycles. The van der Waals surface area contributed by atoms with Crippen molar-refractivity contribution < 1.29 is 4.39 Å². The summed E-state index contributed by atoms with van der Waals surface area (Å²) >= 11 is 8.64. The molecule has 0 bridgehead atoms. The Kier molecular flexibility index (Phi) is 4.50. The summed E-state index contributed by atoms with van der Waals surface area (Å²) in [6.07, 6.45) is 0. The van der Waals surface area contributed by atoms with Crippen molar-refractivity contribution in [3.8, 4) is 0 Å². The van der Waals surface area contributed by atoms with Gasteiger partial charge in [-0.25, -0.2) is 4.39 Å². The number of para-hydroxylation sites is 1. The number of benzene rings is 2. The zero-order valence-corrected chi connectivity index (χ0v) is 12.6. The Hall–Kier alpha value is -1.46. The quantitative estimate of drug-likeness (QED) is 0.775. The Morgan fingerprint density at radius 2 is 1.79 bits per heavy atom. The molecule has 98 valence electrons. The third-order valence-corrected chi connectivity index (χ3v) is 3.47. The van der Waals surface area contributed by atoms with Gasteiger partial charge >= 0.3 is 0 Å². The fraction of sp³-hybridized carbons (Fsp3) is 0.0714. The summed E-state index contributed by atoms with van der Waals surface area (Å²) in [6, 6.07) is 12.2. The second-order valence-electron chi connectivity index (χ2n) is 4.02. The predicted octanol–water partition coefficient (Wildman–Crippen LogP) is 4.71. The van der Waals surface area contributed by atoms with Gasteiger partial charge in [-0.3, -0.25) is 0 Å². The first-order valence-electron chi connectivity index (χ1n) is 5.65. The van der Waals surface area contributed by atoms with E-state index in [2.05, 4.69) is 26.6 Å². The van der Waals surface area contributed by atoms with E-state index >= 15 is 0 Å². The Bertz CT molecular complexity index is 616. The van der Waals surface area contributed by atoms with E-state index < -0.39 is 0 Å². The van der Waals surface area contributed by atoms with Crippen molar-refractivity contribution in [2.45, 2.75) is 6.92 Å². The van der Waals surface area contributed by atoms with Crippen molar-refractivity contribution in [2.75, 3.05) is 10.6 Å². The molecular weight excluding hydrogens is 327 g/mol. The molecule has 2 aromatic rings. The van der Waals surface area contributed by atoms with Gasteiger partial charge in [0.15, 0.2) is 5.11 Å². The molecule has 0 heterocycles. The molecule has 0 radical (unpaired) electrons. The van der Waals surface area contributed by atoms with Crippen LogP contribution in [0.1, 0.15) is 5.56 Å². The van der Waals surface area contributed by atoms with Gasteiger partial charge < -0.3 is 10.6 Å². The van der Waals surface area contributed by atoms with Gasteiger partial charge in [0.1, 0.15) is 5.82 Å². The number of aryl methyl sites for hydroxylation is 1. The largest absolute Gasteiger partial charge is 0.332 e. The van der Waals surface area contributed by atoms with E-state index in [1.54, 1.807) is 6.07 Å². The Morgan fingerprint density at radius 3 is 2.53 bits per heavy atom. The zero-order valence-electron chi connectivity index (χ0n) is 10.2. The molecule has 0 spiro atoms. The molecule has 2 nitrogen and oxygen atoms in total. The molecular formula is C14H12BrFN2S. The lowest BCUT2D eigenvalue weighted by Gasteiger charge is -2.13. The molecule has 0 aliphatic heterocycles. The van der Waals surface area contributed by atoms with Crippen molar-refractivity contribution in [2.24, 2.45) is 0 Å². The maximum absolute atomic E-state index is 13.2. The third-order valence-electron chi connectivity index (χ3n) is 2.57. The van der Waals surface area contributed by atoms with Crippen LogP contribution < -0.4 is 10.6 Å². The van der Waals surface area contributed by atoms with Crippen molar-refractivity contribution in [1.29, 1.82) is 0 Å². The van der Waals surface area contributed by atoms with E-state index in [0.29, 0.717) is 10.8 Å². The SMILES string of the molecule is Cc1ccc(F)cc1NC(=S)Nc1ccccc1Br. The second kappa shape index (κ2) is 6.12. The van der Waals surface area contributed by atoms with Gasteiger partial charge in [-0.05, 0) is 64.9 Å². The number of anilines is 2. The van der Waals surface area contributed by atoms with Gasteiger partial charge in [-0.1, -0.05) is 18.2 Å². The first-order valence-corrected chi connectivity index (χ1v) is 6.85. The molecule has 0 aliphatic carbocycles. The van der Waals surface area contributed by atoms with Gasteiger partial charge in [0, 0.05) is 10.2 Å². The lowest BCUT2D eigenvalue weighted by atomic mass is 10.2. The van der Waals surface area contributed by atoms with Crippen LogP contribution in [0.3, 0.4) is 0 Å². The number of halogens is 2. The van der Waals surface area contributed by atoms with Crippen LogP contribution in [-0.2, 0) is 0 Å². The van der Waals surface area contributed by atoms with Gasteiger partial charge in [0.2, 0.25) is 0 Å². The molecule has 0 aliphatic rings. The number of nitrogens with one attached hydrogen (secondary N) is 2. The molecule has 5 heteroatoms. The summed E-state index contributed by atoms with van der Waals surface area (Å²) in [6.45, 7) is 1.89. The Balaban J connectivity index is 2.10. The standard InChI is InChI=1S/C14H12BrFN2S/c1-9-6-7-10(16)8-13(9)18-14(19)17-12-5-3-2-4-11(12)15/h2-8H,1H3,(H2,17,18,19). The van der Waals surface area contributed by atoms with Gasteiger partial charge in [0.25, 0.3) is 0 Å². The summed E-state index contributed by atoms with van der Waals surface area (Å²) in [7, 11) is 0. The Labute approximate surface area is 125 Å². The zero-order chi connectivity index (χ0) is 13.8. The van der Waals surface area contributed by atoms with Gasteiger partial charge in [-0.15, -0.1) is 0 Å². The van der Waals surface area contributed by atoms with Crippen LogP contribution in [-0.4, -0.2) is 5.11 Å². The molecule has 0 aromatic heterocycles. The predicted molar refractivity (Wildman–Crippen MR) is 85.1 cm³/mol. The molecule has 2 rings (SSSR count). The van der Waals surface area contributed by atoms with E-state index in [4.69, 9.17) is 12.2 Å². The maximum Gasteiger partial charge on any atom is 0.175 e. The van der Waals surface area contributed by atoms with Gasteiger partial charge in [-0.2, -0.15) is 0 Å². The van der Waals surface area contributed by atoms with Crippen molar-refractivity contribution in [3.63, 3.8) is 0 Å². The van der Waals surface area contributed by atoms with E-state index in [0.717, 1.165) is 15.7 Å². The van der Waals surface area contributed by atoms with E-state index in [-0.39, 0.29) is 5.82 Å². The van der Waals surface area contributed by atoms with Crippen LogP contribution >= 0.6 is 28.1 Å². The molecule has 2 N–H and O–H groups in total. The summed E-state index contributed by atoms with van der Waals surface area (Å²) in [5.41, 5.74) is 2.44. The minimum atomic E-state index is -0.295. The average Bonchev–Trinajstić information content (AvgIpc) is 2.37. The highest BCUT2D eigenvalue weighted by molar-refractivity contribution is 9.10. The van der Waals surface area contributed by atoms with Crippen LogP contribution in [0.25, 0.3) is 0 Å². The fourth-order valence-corrected chi connectivity index (χ4v) is 2.17. The molecule has 19 heavy (non-hydrogen) atoms. The van der Waals surface area contributed by atoms with Crippen molar-refractivity contribution in [3.05, 3.63) is 58.3 Å². The molecule has 0 saturated heterocycles. The lowest BCUT2D eigenvalue weighted by molar-refractivity contribution is 0.628. The highest BCUT2D eigenvalue weighted by Crippen LogP contribution is 2.22. The molecule has 2 aromatic carbocycles. The number of thiocarbonyl (C=S) groups is 1. The van der Waals surface area contributed by atoms with E-state index in [1.807, 2.05) is 31.2 Å². The second-order valence-corrected chi connectivity index (χ2v) is 5.28. The van der Waals surface area contributed by atoms with Crippen LogP contribution in [0.4, 0.5) is 15.8 Å². The lowest BCUT2D eigenvalue weighted by Crippen LogP contribution is -2.19. The minimum Gasteiger partial charge on any atom is -0.332 e. The third kappa shape index (κ3) is 3.75. The van der Waals surface area contributed by atoms with E-state index in [9.17, 15) is 4.39 Å². The fourth-order valence-electron chi connectivity index (χ4n) is 1.57. The normalized spacial score (nSPS) is 10.1. The first kappa shape index (κ1) is 14.0. The summed E-state index contributed by atoms with van der Waals surface area (Å²) in [4.78, 5) is 0. The first-order chi connectivity index (χ1) is 9.06. The monoisotopic (exact) mass is 338 g/mol. The number of hydrogen-bond acceptors (Lipinski definition) is 1. The molecule has 0 atom stereocenters. The van der Waals surface area contributed by atoms with E-state index in [1.165, 1.54) is 12.1 Å². The van der Waals surface area contributed by atoms with Crippen molar-refractivity contribution >= 4 is 44.6 Å². The average molecular weight is 339 g/mol. The topological polar surface area (TPSA) is 24.1 Å². The molecule has 0 fully saturated rings. The highest BCUT2D eigenvalue weighted by Gasteiger charge is 2.04. The molecule has 0 amide bonds. The van der Waals surface area contributed by atoms with Crippen LogP contribution in [0.15, 0.2) is 46.9 Å². The van der Waals surface area contributed by atoms with Crippen LogP contribution in [0, 0.1) is 12.7 Å². The maximum atomic E-state index is 13.2. The summed E-state index contributed by atoms with van der Waals surface area (Å²) in [5.74, 6) is -0.295. The van der Waals surface area contributed by atoms with Gasteiger partial charge in [0.05, 0.1) is 5.69 Å². The highest BCUT2D eigenvalue weighted by atomic mass is 79.9. The van der Waals surface area contributed by atoms with Crippen LogP contribution in [0.2, 0.25) is 0 Å². The minimum absolute atomic E-state index is 0.295. The van der Waals surface area contributed by atoms with Crippen LogP contribution in [0.5, 0.6) is 0 Å². The van der Waals surface area contributed by atoms with Crippen molar-refractivity contribution in [1.82, 2.24) is 0 Å². The summed E-state index contributed by atoms with van der Waals surface area (Å²) < 4.78 is 14.1. The molecule has 0 unspecified atom stereocenters. The number of hydrogen-bond donors (Lipinski definition) is 2. The summed E-state index contributed by atoms with van der Waals surface area (Å²) in [5, 5.41) is 6.46. The smallest absolute Gasteiger partial charge is 0.175 e. The Morgan fingerprint density at radius 1 is 1.11 bits per heavy atom.